The maximum Gasteiger partial charge on any atom is -0.00780 e. The largest absolute Gasteiger partial charge is 0.0785 e. The summed E-state index contributed by atoms with van der Waals surface area (Å²) < 4.78 is 0. The second-order valence-electron chi connectivity index (χ2n) is 6.99. The minimum absolute atomic E-state index is 0.660. The van der Waals surface area contributed by atoms with Crippen molar-refractivity contribution in [2.45, 2.75) is 66.2 Å². The summed E-state index contributed by atoms with van der Waals surface area (Å²) in [6.45, 7) is 9.40. The van der Waals surface area contributed by atoms with Crippen molar-refractivity contribution in [3.63, 3.8) is 0 Å². The van der Waals surface area contributed by atoms with Crippen LogP contribution >= 0.6 is 0 Å². The van der Waals surface area contributed by atoms with Gasteiger partial charge in [-0.1, -0.05) is 39.3 Å². The van der Waals surface area contributed by atoms with Crippen LogP contribution in [0.4, 0.5) is 0 Å². The molecule has 1 spiro atoms. The Morgan fingerprint density at radius 2 is 1.75 bits per heavy atom. The molecule has 0 radical (unpaired) electrons. The lowest BCUT2D eigenvalue weighted by molar-refractivity contribution is 0.158. The average molecular weight is 220 g/mol. The Hall–Kier alpha value is -0.260. The van der Waals surface area contributed by atoms with Gasteiger partial charge in [0, 0.05) is 0 Å². The third kappa shape index (κ3) is 2.52. The van der Waals surface area contributed by atoms with Crippen LogP contribution in [0, 0.1) is 23.2 Å². The van der Waals surface area contributed by atoms with E-state index in [4.69, 9.17) is 0 Å². The Labute approximate surface area is 102 Å². The summed E-state index contributed by atoms with van der Waals surface area (Å²) in [5, 5.41) is 0. The average Bonchev–Trinajstić information content (AvgIpc) is 2.14. The maximum absolute atomic E-state index is 2.63. The van der Waals surface area contributed by atoms with Gasteiger partial charge in [0.05, 0.1) is 0 Å². The van der Waals surface area contributed by atoms with E-state index in [0.29, 0.717) is 5.41 Å². The fraction of sp³-hybridized carbons (Fsp3) is 0.875. The summed E-state index contributed by atoms with van der Waals surface area (Å²) >= 11 is 0. The van der Waals surface area contributed by atoms with Crippen LogP contribution < -0.4 is 0 Å². The highest BCUT2D eigenvalue weighted by Gasteiger charge is 2.40. The lowest BCUT2D eigenvalue weighted by Crippen LogP contribution is -2.33. The number of rotatable bonds is 3. The second kappa shape index (κ2) is 4.55. The molecular weight excluding hydrogens is 192 g/mol. The van der Waals surface area contributed by atoms with E-state index in [-0.39, 0.29) is 0 Å². The van der Waals surface area contributed by atoms with Crippen molar-refractivity contribution in [2.75, 3.05) is 0 Å². The first-order valence-electron chi connectivity index (χ1n) is 7.22. The summed E-state index contributed by atoms with van der Waals surface area (Å²) in [7, 11) is 0. The van der Waals surface area contributed by atoms with Gasteiger partial charge >= 0.3 is 0 Å². The van der Waals surface area contributed by atoms with Gasteiger partial charge in [0.25, 0.3) is 0 Å². The summed E-state index contributed by atoms with van der Waals surface area (Å²) in [5.41, 5.74) is 2.38. The van der Waals surface area contributed by atoms with E-state index in [2.05, 4.69) is 33.8 Å². The zero-order valence-electron chi connectivity index (χ0n) is 11.6. The lowest BCUT2D eigenvalue weighted by Gasteiger charge is -2.46. The lowest BCUT2D eigenvalue weighted by atomic mass is 9.59. The second-order valence-corrected chi connectivity index (χ2v) is 6.99. The molecular formula is C16H28. The molecule has 0 aromatic heterocycles. The van der Waals surface area contributed by atoms with Gasteiger partial charge in [0.1, 0.15) is 0 Å². The summed E-state index contributed by atoms with van der Waals surface area (Å²) in [6.07, 6.45) is 11.4. The molecule has 2 aliphatic carbocycles. The normalized spacial score (nSPS) is 34.4. The van der Waals surface area contributed by atoms with E-state index < -0.39 is 0 Å². The Bertz CT molecular complexity index is 262. The van der Waals surface area contributed by atoms with E-state index in [0.717, 1.165) is 17.8 Å². The van der Waals surface area contributed by atoms with E-state index >= 15 is 0 Å². The molecule has 0 aromatic rings. The predicted octanol–water partition coefficient (Wildman–Crippen LogP) is 5.20. The van der Waals surface area contributed by atoms with E-state index in [9.17, 15) is 0 Å². The molecule has 0 saturated heterocycles. The molecule has 2 rings (SSSR count). The van der Waals surface area contributed by atoms with Gasteiger partial charge in [0.15, 0.2) is 0 Å². The Kier molecular flexibility index (Phi) is 3.47. The van der Waals surface area contributed by atoms with Gasteiger partial charge < -0.3 is 0 Å². The van der Waals surface area contributed by atoms with Crippen LogP contribution in [0.25, 0.3) is 0 Å². The standard InChI is InChI=1S/C16H28/c1-12(2)9-14-5-7-16(8-6-14)10-15(11-16)13(3)4/h10,12-14H,5-9,11H2,1-4H3. The quantitative estimate of drug-likeness (QED) is 0.574. The molecule has 0 aliphatic heterocycles. The molecule has 92 valence electrons. The highest BCUT2D eigenvalue weighted by Crippen LogP contribution is 2.53. The molecule has 0 N–H and O–H groups in total. The highest BCUT2D eigenvalue weighted by atomic mass is 14.4. The van der Waals surface area contributed by atoms with Crippen LogP contribution in [-0.2, 0) is 0 Å². The van der Waals surface area contributed by atoms with Crippen molar-refractivity contribution in [1.29, 1.82) is 0 Å². The molecule has 16 heavy (non-hydrogen) atoms. The first-order chi connectivity index (χ1) is 7.51. The summed E-state index contributed by atoms with van der Waals surface area (Å²) in [6, 6.07) is 0. The molecule has 1 fully saturated rings. The molecule has 0 nitrogen and oxygen atoms in total. The molecule has 0 bridgehead atoms. The van der Waals surface area contributed by atoms with Crippen LogP contribution in [0.15, 0.2) is 11.6 Å². The predicted molar refractivity (Wildman–Crippen MR) is 71.4 cm³/mol. The first-order valence-corrected chi connectivity index (χ1v) is 7.22. The minimum Gasteiger partial charge on any atom is -0.0785 e. The molecule has 1 saturated carbocycles. The smallest absolute Gasteiger partial charge is 0.00780 e. The van der Waals surface area contributed by atoms with E-state index in [1.807, 2.05) is 0 Å². The van der Waals surface area contributed by atoms with Gasteiger partial charge in [-0.05, 0) is 61.7 Å². The Morgan fingerprint density at radius 1 is 1.19 bits per heavy atom. The van der Waals surface area contributed by atoms with Crippen LogP contribution in [0.2, 0.25) is 0 Å². The van der Waals surface area contributed by atoms with Gasteiger partial charge in [-0.25, -0.2) is 0 Å². The molecule has 0 unspecified atom stereocenters. The monoisotopic (exact) mass is 220 g/mol. The fourth-order valence-electron chi connectivity index (χ4n) is 3.62. The first kappa shape index (κ1) is 12.2. The third-order valence-electron chi connectivity index (χ3n) is 4.70. The van der Waals surface area contributed by atoms with Crippen LogP contribution in [0.5, 0.6) is 0 Å². The molecule has 0 atom stereocenters. The highest BCUT2D eigenvalue weighted by molar-refractivity contribution is 5.26. The van der Waals surface area contributed by atoms with Crippen molar-refractivity contribution in [3.05, 3.63) is 11.6 Å². The third-order valence-corrected chi connectivity index (χ3v) is 4.70. The number of hydrogen-bond acceptors (Lipinski definition) is 0. The fourth-order valence-corrected chi connectivity index (χ4v) is 3.62. The Balaban J connectivity index is 1.83. The van der Waals surface area contributed by atoms with Gasteiger partial charge in [-0.2, -0.15) is 0 Å². The topological polar surface area (TPSA) is 0 Å². The van der Waals surface area contributed by atoms with E-state index in [1.54, 1.807) is 5.57 Å². The molecule has 0 amide bonds. The van der Waals surface area contributed by atoms with Crippen molar-refractivity contribution in [2.24, 2.45) is 23.2 Å². The van der Waals surface area contributed by atoms with Gasteiger partial charge in [-0.15, -0.1) is 0 Å². The summed E-state index contributed by atoms with van der Waals surface area (Å²) in [4.78, 5) is 0. The molecule has 2 aliphatic rings. The minimum atomic E-state index is 0.660. The molecule has 0 heterocycles. The van der Waals surface area contributed by atoms with Crippen LogP contribution in [0.1, 0.15) is 66.2 Å². The summed E-state index contributed by atoms with van der Waals surface area (Å²) in [5.74, 6) is 2.71. The zero-order valence-corrected chi connectivity index (χ0v) is 11.6. The van der Waals surface area contributed by atoms with Crippen LogP contribution in [0.3, 0.4) is 0 Å². The van der Waals surface area contributed by atoms with Crippen molar-refractivity contribution < 1.29 is 0 Å². The molecule has 0 heteroatoms. The van der Waals surface area contributed by atoms with Crippen molar-refractivity contribution in [3.8, 4) is 0 Å². The SMILES string of the molecule is CC(C)CC1CCC2(C=C(C(C)C)C2)CC1. The molecule has 0 aromatic carbocycles. The van der Waals surface area contributed by atoms with Crippen molar-refractivity contribution in [1.82, 2.24) is 0 Å². The Morgan fingerprint density at radius 3 is 2.19 bits per heavy atom. The zero-order chi connectivity index (χ0) is 11.8. The van der Waals surface area contributed by atoms with E-state index in [1.165, 1.54) is 38.5 Å². The van der Waals surface area contributed by atoms with Crippen molar-refractivity contribution >= 4 is 0 Å². The number of hydrogen-bond donors (Lipinski definition) is 0. The van der Waals surface area contributed by atoms with Crippen LogP contribution in [-0.4, -0.2) is 0 Å². The maximum atomic E-state index is 2.63. The van der Waals surface area contributed by atoms with Gasteiger partial charge in [-0.3, -0.25) is 0 Å². The van der Waals surface area contributed by atoms with Gasteiger partial charge in [0.2, 0.25) is 0 Å². The number of allylic oxidation sites excluding steroid dienone is 2.